The molecule has 5 aromatic rings. The fourth-order valence-electron chi connectivity index (χ4n) is 4.19. The van der Waals surface area contributed by atoms with Crippen molar-refractivity contribution in [3.05, 3.63) is 60.7 Å². The molecule has 11 nitrogen and oxygen atoms in total. The lowest BCUT2D eigenvalue weighted by molar-refractivity contribution is 0.473. The van der Waals surface area contributed by atoms with E-state index in [-0.39, 0.29) is 18.1 Å². The van der Waals surface area contributed by atoms with E-state index in [1.165, 1.54) is 18.7 Å². The van der Waals surface area contributed by atoms with Gasteiger partial charge >= 0.3 is 0 Å². The summed E-state index contributed by atoms with van der Waals surface area (Å²) in [5.41, 5.74) is 2.72. The molecule has 5 heterocycles. The molecule has 1 aromatic carbocycles. The molecule has 0 amide bonds. The van der Waals surface area contributed by atoms with Crippen molar-refractivity contribution in [2.24, 2.45) is 0 Å². The first kappa shape index (κ1) is 24.5. The highest BCUT2D eigenvalue weighted by Gasteiger charge is 2.20. The molecule has 1 aliphatic rings. The normalized spacial score (nSPS) is 15.5. The summed E-state index contributed by atoms with van der Waals surface area (Å²) in [6.07, 6.45) is 6.27. The molecule has 1 fully saturated rings. The number of aryl methyl sites for hydroxylation is 1. The van der Waals surface area contributed by atoms with Crippen LogP contribution in [0.5, 0.6) is 11.5 Å². The maximum absolute atomic E-state index is 15.2. The number of nitrogens with zero attached hydrogens (tertiary/aromatic N) is 8. The molecule has 0 bridgehead atoms. The molecule has 2 N–H and O–H groups in total. The Morgan fingerprint density at radius 1 is 1.14 bits per heavy atom. The molecule has 0 saturated carbocycles. The topological polar surface area (TPSA) is 118 Å². The van der Waals surface area contributed by atoms with Gasteiger partial charge < -0.3 is 20.3 Å². The number of piperazine rings is 1. The minimum atomic E-state index is -0.490. The Morgan fingerprint density at radius 2 is 2.03 bits per heavy atom. The quantitative estimate of drug-likeness (QED) is 0.354. The van der Waals surface area contributed by atoms with Crippen molar-refractivity contribution in [2.75, 3.05) is 29.9 Å². The Balaban J connectivity index is 0.00000280. The molecule has 0 aliphatic carbocycles. The number of benzene rings is 1. The highest BCUT2D eigenvalue weighted by atomic mass is 35.5. The van der Waals surface area contributed by atoms with Crippen molar-refractivity contribution in [3.8, 4) is 11.5 Å². The number of pyridine rings is 1. The Morgan fingerprint density at radius 3 is 2.89 bits per heavy atom. The number of ether oxygens (including phenoxy) is 1. The first-order valence-corrected chi connectivity index (χ1v) is 11.5. The van der Waals surface area contributed by atoms with E-state index in [9.17, 15) is 0 Å². The van der Waals surface area contributed by atoms with Crippen LogP contribution in [0.25, 0.3) is 16.7 Å². The van der Waals surface area contributed by atoms with Crippen molar-refractivity contribution in [1.82, 2.24) is 39.9 Å². The van der Waals surface area contributed by atoms with Gasteiger partial charge in [-0.1, -0.05) is 0 Å². The van der Waals surface area contributed by atoms with Crippen LogP contribution in [0.15, 0.2) is 49.3 Å². The molecule has 4 aromatic heterocycles. The van der Waals surface area contributed by atoms with Crippen molar-refractivity contribution >= 4 is 46.5 Å². The molecule has 1 atom stereocenters. The molecule has 190 valence electrons. The first-order valence-electron chi connectivity index (χ1n) is 11.5. The van der Waals surface area contributed by atoms with Gasteiger partial charge in [-0.05, 0) is 31.5 Å². The second-order valence-corrected chi connectivity index (χ2v) is 8.68. The Bertz CT molecular complexity index is 1580. The van der Waals surface area contributed by atoms with Crippen LogP contribution in [-0.2, 0) is 0 Å². The molecular formula is C24H24ClFN10O. The zero-order valence-electron chi connectivity index (χ0n) is 20.1. The fraction of sp³-hybridized carbons (Fsp3) is 0.250. The van der Waals surface area contributed by atoms with Gasteiger partial charge in [0.25, 0.3) is 0 Å². The van der Waals surface area contributed by atoms with Gasteiger partial charge in [0.1, 0.15) is 41.0 Å². The number of nitrogens with one attached hydrogen (secondary N) is 2. The second-order valence-electron chi connectivity index (χ2n) is 8.68. The summed E-state index contributed by atoms with van der Waals surface area (Å²) >= 11 is 0. The zero-order valence-corrected chi connectivity index (χ0v) is 20.9. The van der Waals surface area contributed by atoms with E-state index < -0.39 is 5.82 Å². The van der Waals surface area contributed by atoms with Crippen molar-refractivity contribution in [3.63, 3.8) is 0 Å². The van der Waals surface area contributed by atoms with Gasteiger partial charge in [0, 0.05) is 44.0 Å². The van der Waals surface area contributed by atoms with Crippen LogP contribution in [0, 0.1) is 12.7 Å². The van der Waals surface area contributed by atoms with Crippen LogP contribution in [-0.4, -0.2) is 60.2 Å². The first-order chi connectivity index (χ1) is 17.5. The van der Waals surface area contributed by atoms with Crippen LogP contribution >= 0.6 is 12.4 Å². The van der Waals surface area contributed by atoms with Gasteiger partial charge in [0.15, 0.2) is 11.5 Å². The smallest absolute Gasteiger partial charge is 0.226 e. The number of hydrogen-bond acceptors (Lipinski definition) is 10. The lowest BCUT2D eigenvalue weighted by Crippen LogP contribution is -2.49. The summed E-state index contributed by atoms with van der Waals surface area (Å²) in [5, 5.41) is 10.6. The van der Waals surface area contributed by atoms with Crippen molar-refractivity contribution in [1.29, 1.82) is 0 Å². The summed E-state index contributed by atoms with van der Waals surface area (Å²) in [5.74, 6) is 1.43. The molecule has 13 heteroatoms. The molecule has 6 rings (SSSR count). The van der Waals surface area contributed by atoms with Crippen LogP contribution in [0.2, 0.25) is 0 Å². The third kappa shape index (κ3) is 4.93. The summed E-state index contributed by atoms with van der Waals surface area (Å²) in [4.78, 5) is 24.1. The Kier molecular flexibility index (Phi) is 6.68. The highest BCUT2D eigenvalue weighted by molar-refractivity contribution is 5.87. The summed E-state index contributed by atoms with van der Waals surface area (Å²) in [6.45, 7) is 6.41. The average Bonchev–Trinajstić information content (AvgIpc) is 3.35. The maximum Gasteiger partial charge on any atom is 0.226 e. The SMILES string of the molecule is Cc1cc(Nc2ncnc3cnc(N4CCN[C@@H](C)C4)nc23)c(F)cc1Oc1ccn2ncnc2c1.Cl. The van der Waals surface area contributed by atoms with Gasteiger partial charge in [-0.3, -0.25) is 0 Å². The number of fused-ring (bicyclic) bond motifs is 2. The van der Waals surface area contributed by atoms with E-state index in [2.05, 4.69) is 47.5 Å². The maximum atomic E-state index is 15.2. The summed E-state index contributed by atoms with van der Waals surface area (Å²) in [6, 6.07) is 6.83. The standard InChI is InChI=1S/C24H23FN10O.ClH/c1-14-7-18(17(25)9-20(14)36-16-3-5-35-21(8-16)29-13-31-35)32-23-22-19(28-12-30-23)10-27-24(33-22)34-6-4-26-15(2)11-34;/h3,5,7-10,12-13,15,26H,4,6,11H2,1-2H3,(H,28,30,32);1H/t15-;/m0./s1. The van der Waals surface area contributed by atoms with Gasteiger partial charge in [0.05, 0.1) is 11.9 Å². The van der Waals surface area contributed by atoms with E-state index in [1.807, 2.05) is 6.92 Å². The molecule has 0 unspecified atom stereocenters. The van der Waals surface area contributed by atoms with E-state index in [1.54, 1.807) is 35.1 Å². The predicted octanol–water partition coefficient (Wildman–Crippen LogP) is 3.67. The largest absolute Gasteiger partial charge is 0.457 e. The number of halogens is 2. The lowest BCUT2D eigenvalue weighted by atomic mass is 10.2. The number of rotatable bonds is 5. The number of hydrogen-bond donors (Lipinski definition) is 2. The van der Waals surface area contributed by atoms with Gasteiger partial charge in [-0.15, -0.1) is 12.4 Å². The average molecular weight is 523 g/mol. The zero-order chi connectivity index (χ0) is 24.6. The Labute approximate surface area is 217 Å². The van der Waals surface area contributed by atoms with Gasteiger partial charge in [0.2, 0.25) is 5.95 Å². The number of aromatic nitrogens is 7. The van der Waals surface area contributed by atoms with Crippen LogP contribution < -0.4 is 20.3 Å². The fourth-order valence-corrected chi connectivity index (χ4v) is 4.19. The monoisotopic (exact) mass is 522 g/mol. The molecule has 0 radical (unpaired) electrons. The van der Waals surface area contributed by atoms with Crippen molar-refractivity contribution in [2.45, 2.75) is 19.9 Å². The molecule has 1 saturated heterocycles. The van der Waals surface area contributed by atoms with E-state index in [4.69, 9.17) is 9.72 Å². The lowest BCUT2D eigenvalue weighted by Gasteiger charge is -2.31. The molecule has 1 aliphatic heterocycles. The van der Waals surface area contributed by atoms with E-state index in [0.717, 1.165) is 25.2 Å². The second kappa shape index (κ2) is 10.1. The van der Waals surface area contributed by atoms with Crippen LogP contribution in [0.1, 0.15) is 12.5 Å². The summed E-state index contributed by atoms with van der Waals surface area (Å²) < 4.78 is 22.7. The number of anilines is 3. The predicted molar refractivity (Wildman–Crippen MR) is 140 cm³/mol. The van der Waals surface area contributed by atoms with Crippen molar-refractivity contribution < 1.29 is 9.13 Å². The molecule has 0 spiro atoms. The summed E-state index contributed by atoms with van der Waals surface area (Å²) in [7, 11) is 0. The molecule has 37 heavy (non-hydrogen) atoms. The van der Waals surface area contributed by atoms with Gasteiger partial charge in [-0.2, -0.15) is 5.10 Å². The third-order valence-electron chi connectivity index (χ3n) is 6.01. The van der Waals surface area contributed by atoms with Crippen LogP contribution in [0.3, 0.4) is 0 Å². The minimum absolute atomic E-state index is 0. The molecular weight excluding hydrogens is 499 g/mol. The third-order valence-corrected chi connectivity index (χ3v) is 6.01. The van der Waals surface area contributed by atoms with E-state index >= 15 is 4.39 Å². The van der Waals surface area contributed by atoms with E-state index in [0.29, 0.717) is 46.0 Å². The van der Waals surface area contributed by atoms with Gasteiger partial charge in [-0.25, -0.2) is 33.8 Å². The highest BCUT2D eigenvalue weighted by Crippen LogP contribution is 2.32. The Hall–Kier alpha value is -4.16. The minimum Gasteiger partial charge on any atom is -0.457 e. The van der Waals surface area contributed by atoms with Crippen LogP contribution in [0.4, 0.5) is 21.8 Å².